The van der Waals surface area contributed by atoms with Gasteiger partial charge in [0, 0.05) is 23.4 Å². The van der Waals surface area contributed by atoms with E-state index < -0.39 is 0 Å². The third-order valence-electron chi connectivity index (χ3n) is 3.33. The molecule has 1 aromatic rings. The minimum atomic E-state index is -0.173. The number of carbonyl (C=O) groups excluding carboxylic acids is 1. The summed E-state index contributed by atoms with van der Waals surface area (Å²) in [6, 6.07) is 0. The zero-order chi connectivity index (χ0) is 14.5. The molecule has 0 aromatic carbocycles. The van der Waals surface area contributed by atoms with Gasteiger partial charge >= 0.3 is 0 Å². The summed E-state index contributed by atoms with van der Waals surface area (Å²) >= 11 is 6.67. The van der Waals surface area contributed by atoms with Crippen molar-refractivity contribution in [2.45, 2.75) is 32.8 Å². The number of thiophene rings is 1. The molecule has 0 saturated carbocycles. The third-order valence-corrected chi connectivity index (χ3v) is 4.59. The summed E-state index contributed by atoms with van der Waals surface area (Å²) in [6.45, 7) is 5.42. The zero-order valence-electron chi connectivity index (χ0n) is 11.6. The van der Waals surface area contributed by atoms with Crippen LogP contribution in [0.1, 0.15) is 33.6 Å². The van der Waals surface area contributed by atoms with Crippen LogP contribution in [0.15, 0.2) is 5.38 Å². The molecule has 1 aromatic heterocycles. The van der Waals surface area contributed by atoms with Gasteiger partial charge in [-0.25, -0.2) is 0 Å². The number of amides is 1. The summed E-state index contributed by atoms with van der Waals surface area (Å²) < 4.78 is 5.48. The fourth-order valence-electron chi connectivity index (χ4n) is 1.97. The number of ether oxygens (including phenoxy) is 1. The van der Waals surface area contributed by atoms with Gasteiger partial charge in [-0.1, -0.05) is 0 Å². The Hall–Kier alpha value is -1.18. The largest absolute Gasteiger partial charge is 0.376 e. The highest BCUT2D eigenvalue weighted by Gasteiger charge is 2.16. The first-order valence-corrected chi connectivity index (χ1v) is 7.87. The highest BCUT2D eigenvalue weighted by atomic mass is 32.1. The number of rotatable bonds is 3. The van der Waals surface area contributed by atoms with E-state index in [9.17, 15) is 4.79 Å². The number of nitrogens with one attached hydrogen (secondary N) is 3. The molecule has 1 aliphatic heterocycles. The molecule has 1 fully saturated rings. The van der Waals surface area contributed by atoms with Crippen molar-refractivity contribution in [2.75, 3.05) is 13.2 Å². The van der Waals surface area contributed by atoms with E-state index in [1.165, 1.54) is 0 Å². The summed E-state index contributed by atoms with van der Waals surface area (Å²) in [5.41, 5.74) is 7.00. The van der Waals surface area contributed by atoms with E-state index in [4.69, 9.17) is 17.0 Å². The molecule has 1 saturated heterocycles. The fourth-order valence-corrected chi connectivity index (χ4v) is 2.97. The van der Waals surface area contributed by atoms with Crippen molar-refractivity contribution in [3.05, 3.63) is 21.4 Å². The Morgan fingerprint density at radius 3 is 2.90 bits per heavy atom. The van der Waals surface area contributed by atoms with Crippen molar-refractivity contribution in [3.63, 3.8) is 0 Å². The molecule has 0 radical (unpaired) electrons. The number of carbonyl (C=O) groups is 1. The van der Waals surface area contributed by atoms with Crippen LogP contribution in [0.3, 0.4) is 0 Å². The van der Waals surface area contributed by atoms with E-state index in [1.807, 2.05) is 19.2 Å². The Balaban J connectivity index is 1.72. The van der Waals surface area contributed by atoms with Crippen LogP contribution in [-0.2, 0) is 4.74 Å². The van der Waals surface area contributed by atoms with Crippen molar-refractivity contribution >= 4 is 34.6 Å². The topological polar surface area (TPSA) is 62.4 Å². The molecule has 7 heteroatoms. The molecule has 110 valence electrons. The summed E-state index contributed by atoms with van der Waals surface area (Å²) in [4.78, 5) is 13.1. The number of hydrogen-bond donors (Lipinski definition) is 3. The monoisotopic (exact) mass is 313 g/mol. The number of hydrazine groups is 1. The maximum Gasteiger partial charge on any atom is 0.270 e. The molecule has 1 amide bonds. The smallest absolute Gasteiger partial charge is 0.270 e. The van der Waals surface area contributed by atoms with Crippen molar-refractivity contribution in [1.29, 1.82) is 0 Å². The normalized spacial score (nSPS) is 17.8. The molecule has 0 spiro atoms. The zero-order valence-corrected chi connectivity index (χ0v) is 13.2. The van der Waals surface area contributed by atoms with Gasteiger partial charge in [-0.2, -0.15) is 0 Å². The van der Waals surface area contributed by atoms with Crippen LogP contribution in [0, 0.1) is 13.8 Å². The number of hydrogen-bond acceptors (Lipinski definition) is 4. The maximum absolute atomic E-state index is 12.0. The fraction of sp³-hybridized carbons (Fsp3) is 0.538. The van der Waals surface area contributed by atoms with Crippen molar-refractivity contribution in [1.82, 2.24) is 16.2 Å². The number of thiocarbonyl (C=S) groups is 1. The van der Waals surface area contributed by atoms with Gasteiger partial charge in [-0.3, -0.25) is 15.6 Å². The molecule has 1 atom stereocenters. The molecule has 2 heterocycles. The average Bonchev–Trinajstić information content (AvgIpc) is 3.05. The highest BCUT2D eigenvalue weighted by molar-refractivity contribution is 7.80. The summed E-state index contributed by atoms with van der Waals surface area (Å²) in [7, 11) is 0. The maximum atomic E-state index is 12.0. The Morgan fingerprint density at radius 1 is 1.50 bits per heavy atom. The van der Waals surface area contributed by atoms with E-state index in [-0.39, 0.29) is 12.0 Å². The molecular weight excluding hydrogens is 294 g/mol. The lowest BCUT2D eigenvalue weighted by atomic mass is 10.2. The van der Waals surface area contributed by atoms with Gasteiger partial charge in [0.1, 0.15) is 0 Å². The van der Waals surface area contributed by atoms with Crippen LogP contribution in [0.2, 0.25) is 0 Å². The molecule has 0 unspecified atom stereocenters. The quantitative estimate of drug-likeness (QED) is 0.585. The lowest BCUT2D eigenvalue weighted by molar-refractivity contribution is 0.0943. The van der Waals surface area contributed by atoms with E-state index >= 15 is 0 Å². The lowest BCUT2D eigenvalue weighted by Gasteiger charge is -2.14. The first-order chi connectivity index (χ1) is 9.58. The van der Waals surface area contributed by atoms with Gasteiger partial charge in [0.15, 0.2) is 5.11 Å². The standard InChI is InChI=1S/C13H19N3O2S2/c1-8-9(2)20-7-11(8)12(17)15-16-13(19)14-6-10-4-3-5-18-10/h7,10H,3-6H2,1-2H3,(H,15,17)(H2,14,16,19)/t10-/m0/s1. The first-order valence-electron chi connectivity index (χ1n) is 6.58. The van der Waals surface area contributed by atoms with Crippen LogP contribution in [0.5, 0.6) is 0 Å². The number of aryl methyl sites for hydroxylation is 1. The van der Waals surface area contributed by atoms with Crippen molar-refractivity contribution in [3.8, 4) is 0 Å². The molecular formula is C13H19N3O2S2. The third kappa shape index (κ3) is 3.91. The van der Waals surface area contributed by atoms with E-state index in [0.717, 1.165) is 29.9 Å². The Kier molecular flexibility index (Phi) is 5.33. The summed E-state index contributed by atoms with van der Waals surface area (Å²) in [6.07, 6.45) is 2.36. The highest BCUT2D eigenvalue weighted by Crippen LogP contribution is 2.19. The predicted molar refractivity (Wildman–Crippen MR) is 84.0 cm³/mol. The van der Waals surface area contributed by atoms with E-state index in [0.29, 0.717) is 17.2 Å². The molecule has 1 aliphatic rings. The Morgan fingerprint density at radius 2 is 2.30 bits per heavy atom. The van der Waals surface area contributed by atoms with Crippen molar-refractivity contribution < 1.29 is 9.53 Å². The van der Waals surface area contributed by atoms with E-state index in [2.05, 4.69) is 16.2 Å². The SMILES string of the molecule is Cc1scc(C(=O)NNC(=S)NC[C@@H]2CCCO2)c1C. The van der Waals surface area contributed by atoms with Crippen LogP contribution >= 0.6 is 23.6 Å². The second-order valence-corrected chi connectivity index (χ2v) is 6.25. The second kappa shape index (κ2) is 7.01. The summed E-state index contributed by atoms with van der Waals surface area (Å²) in [5, 5.41) is 5.29. The average molecular weight is 313 g/mol. The summed E-state index contributed by atoms with van der Waals surface area (Å²) in [5.74, 6) is -0.173. The Bertz CT molecular complexity index is 496. The van der Waals surface area contributed by atoms with Crippen LogP contribution < -0.4 is 16.2 Å². The van der Waals surface area contributed by atoms with Gasteiger partial charge < -0.3 is 10.1 Å². The first kappa shape index (κ1) is 15.2. The van der Waals surface area contributed by atoms with Gasteiger partial charge in [0.25, 0.3) is 5.91 Å². The molecule has 20 heavy (non-hydrogen) atoms. The minimum Gasteiger partial charge on any atom is -0.376 e. The van der Waals surface area contributed by atoms with Gasteiger partial charge in [0.2, 0.25) is 0 Å². The molecule has 2 rings (SSSR count). The van der Waals surface area contributed by atoms with Crippen LogP contribution in [-0.4, -0.2) is 30.3 Å². The molecule has 5 nitrogen and oxygen atoms in total. The molecule has 3 N–H and O–H groups in total. The van der Waals surface area contributed by atoms with Crippen LogP contribution in [0.25, 0.3) is 0 Å². The predicted octanol–water partition coefficient (Wildman–Crippen LogP) is 1.65. The van der Waals surface area contributed by atoms with E-state index in [1.54, 1.807) is 11.3 Å². The Labute approximate surface area is 128 Å². The lowest BCUT2D eigenvalue weighted by Crippen LogP contribution is -2.48. The molecule has 0 bridgehead atoms. The van der Waals surface area contributed by atoms with Gasteiger partial charge in [-0.05, 0) is 44.5 Å². The second-order valence-electron chi connectivity index (χ2n) is 4.75. The van der Waals surface area contributed by atoms with Crippen molar-refractivity contribution in [2.24, 2.45) is 0 Å². The van der Waals surface area contributed by atoms with Gasteiger partial charge in [0.05, 0.1) is 11.7 Å². The minimum absolute atomic E-state index is 0.173. The van der Waals surface area contributed by atoms with Crippen LogP contribution in [0.4, 0.5) is 0 Å². The van der Waals surface area contributed by atoms with Gasteiger partial charge in [-0.15, -0.1) is 11.3 Å². The molecule has 0 aliphatic carbocycles.